The molecule has 208 valence electrons. The van der Waals surface area contributed by atoms with E-state index in [4.69, 9.17) is 14.5 Å². The van der Waals surface area contributed by atoms with Crippen molar-refractivity contribution < 1.29 is 14.3 Å². The first kappa shape index (κ1) is 28.6. The first-order chi connectivity index (χ1) is 17.8. The van der Waals surface area contributed by atoms with Gasteiger partial charge in [0.25, 0.3) is 0 Å². The Morgan fingerprint density at radius 2 is 1.76 bits per heavy atom. The normalized spacial score (nSPS) is 18.3. The number of hydrogen-bond acceptors (Lipinski definition) is 6. The van der Waals surface area contributed by atoms with Gasteiger partial charge < -0.3 is 19.7 Å². The van der Waals surface area contributed by atoms with Crippen LogP contribution in [-0.2, 0) is 27.2 Å². The van der Waals surface area contributed by atoms with Gasteiger partial charge in [0.1, 0.15) is 0 Å². The van der Waals surface area contributed by atoms with Crippen LogP contribution in [0.3, 0.4) is 0 Å². The molecule has 2 aliphatic rings. The van der Waals surface area contributed by atoms with Crippen molar-refractivity contribution in [2.24, 2.45) is 5.41 Å². The smallest absolute Gasteiger partial charge is 0.340 e. The largest absolute Gasteiger partial charge is 0.461 e. The lowest BCUT2D eigenvalue weighted by Gasteiger charge is -2.41. The third-order valence-electron chi connectivity index (χ3n) is 7.69. The van der Waals surface area contributed by atoms with Gasteiger partial charge >= 0.3 is 5.97 Å². The fourth-order valence-electron chi connectivity index (χ4n) is 5.67. The molecule has 2 aliphatic heterocycles. The van der Waals surface area contributed by atoms with Gasteiger partial charge in [0.2, 0.25) is 0 Å². The molecule has 0 spiro atoms. The molecule has 0 bridgehead atoms. The molecule has 38 heavy (non-hydrogen) atoms. The lowest BCUT2D eigenvalue weighted by Crippen LogP contribution is -2.39. The third-order valence-corrected chi connectivity index (χ3v) is 7.69. The zero-order chi connectivity index (χ0) is 27.8. The maximum absolute atomic E-state index is 13.6. The Balaban J connectivity index is 1.96. The molecule has 0 unspecified atom stereocenters. The summed E-state index contributed by atoms with van der Waals surface area (Å²) in [6.07, 6.45) is 2.08. The van der Waals surface area contributed by atoms with Crippen LogP contribution in [0.4, 0.5) is 5.69 Å². The fourth-order valence-corrected chi connectivity index (χ4v) is 5.67. The van der Waals surface area contributed by atoms with E-state index in [2.05, 4.69) is 49.2 Å². The number of anilines is 1. The third kappa shape index (κ3) is 6.40. The minimum absolute atomic E-state index is 0.236. The molecule has 2 aromatic rings. The second kappa shape index (κ2) is 11.0. The van der Waals surface area contributed by atoms with Gasteiger partial charge in [-0.25, -0.2) is 4.79 Å². The number of aryl methyl sites for hydroxylation is 2. The van der Waals surface area contributed by atoms with E-state index in [1.165, 1.54) is 11.1 Å². The number of esters is 1. The predicted molar refractivity (Wildman–Crippen MR) is 155 cm³/mol. The number of aromatic nitrogens is 1. The summed E-state index contributed by atoms with van der Waals surface area (Å²) in [7, 11) is 0. The highest BCUT2D eigenvalue weighted by molar-refractivity contribution is 5.88. The summed E-state index contributed by atoms with van der Waals surface area (Å²) < 4.78 is 12.3. The summed E-state index contributed by atoms with van der Waals surface area (Å²) in [6.45, 7) is 22.3. The van der Waals surface area contributed by atoms with Crippen molar-refractivity contribution in [3.63, 3.8) is 0 Å². The molecule has 3 heterocycles. The molecule has 1 aromatic heterocycles. The molecule has 0 radical (unpaired) electrons. The van der Waals surface area contributed by atoms with Crippen LogP contribution in [0, 0.1) is 19.3 Å². The second-order valence-corrected chi connectivity index (χ2v) is 13.1. The lowest BCUT2D eigenvalue weighted by atomic mass is 9.81. The average Bonchev–Trinajstić information content (AvgIpc) is 2.81. The van der Waals surface area contributed by atoms with E-state index < -0.39 is 11.7 Å². The molecule has 1 saturated heterocycles. The SMILES string of the molecule is Cc1nc(C)c([C@H](OC(C)(C)C)C(=O)OC(C)C)c(N2CCC(C)(C)CC2)c1-c1ccc2c(c1)CCNC2. The van der Waals surface area contributed by atoms with Crippen molar-refractivity contribution in [3.8, 4) is 11.1 Å². The van der Waals surface area contributed by atoms with Crippen LogP contribution in [0.2, 0.25) is 0 Å². The number of hydrogen-bond donors (Lipinski definition) is 1. The summed E-state index contributed by atoms with van der Waals surface area (Å²) in [6, 6.07) is 6.80. The molecule has 1 fully saturated rings. The van der Waals surface area contributed by atoms with Gasteiger partial charge in [0, 0.05) is 42.1 Å². The Kier molecular flexibility index (Phi) is 8.25. The highest BCUT2D eigenvalue weighted by Gasteiger charge is 2.37. The summed E-state index contributed by atoms with van der Waals surface area (Å²) in [5, 5.41) is 3.47. The monoisotopic (exact) mass is 521 g/mol. The topological polar surface area (TPSA) is 63.7 Å². The number of piperidine rings is 1. The Morgan fingerprint density at radius 1 is 1.08 bits per heavy atom. The molecule has 1 N–H and O–H groups in total. The number of carbonyl (C=O) groups is 1. The second-order valence-electron chi connectivity index (χ2n) is 13.1. The molecule has 6 nitrogen and oxygen atoms in total. The molecule has 0 amide bonds. The van der Waals surface area contributed by atoms with Crippen LogP contribution in [0.1, 0.15) is 95.5 Å². The number of pyridine rings is 1. The van der Waals surface area contributed by atoms with Crippen LogP contribution < -0.4 is 10.2 Å². The number of ether oxygens (including phenoxy) is 2. The molecule has 1 aromatic carbocycles. The predicted octanol–water partition coefficient (Wildman–Crippen LogP) is 6.45. The van der Waals surface area contributed by atoms with Gasteiger partial charge in [-0.05, 0) is 96.4 Å². The quantitative estimate of drug-likeness (QED) is 0.441. The highest BCUT2D eigenvalue weighted by atomic mass is 16.6. The fraction of sp³-hybridized carbons (Fsp3) is 0.625. The van der Waals surface area contributed by atoms with Crippen LogP contribution in [-0.4, -0.2) is 42.3 Å². The summed E-state index contributed by atoms with van der Waals surface area (Å²) in [5.74, 6) is -0.357. The van der Waals surface area contributed by atoms with Crippen LogP contribution >= 0.6 is 0 Å². The van der Waals surface area contributed by atoms with Crippen molar-refractivity contribution >= 4 is 11.7 Å². The van der Waals surface area contributed by atoms with Crippen molar-refractivity contribution in [1.29, 1.82) is 0 Å². The van der Waals surface area contributed by atoms with E-state index in [1.54, 1.807) is 0 Å². The van der Waals surface area contributed by atoms with Gasteiger partial charge in [-0.2, -0.15) is 0 Å². The molecular weight excluding hydrogens is 474 g/mol. The maximum Gasteiger partial charge on any atom is 0.340 e. The van der Waals surface area contributed by atoms with Crippen molar-refractivity contribution in [2.45, 2.75) is 106 Å². The number of rotatable bonds is 6. The maximum atomic E-state index is 13.6. The first-order valence-corrected chi connectivity index (χ1v) is 14.2. The number of fused-ring (bicyclic) bond motifs is 1. The van der Waals surface area contributed by atoms with Crippen molar-refractivity contribution in [1.82, 2.24) is 10.3 Å². The molecule has 0 aliphatic carbocycles. The van der Waals surface area contributed by atoms with Crippen LogP contribution in [0.5, 0.6) is 0 Å². The zero-order valence-electron chi connectivity index (χ0n) is 25.0. The molecule has 6 heteroatoms. The van der Waals surface area contributed by atoms with Crippen LogP contribution in [0.15, 0.2) is 18.2 Å². The van der Waals surface area contributed by atoms with Gasteiger partial charge in [-0.3, -0.25) is 4.98 Å². The summed E-state index contributed by atoms with van der Waals surface area (Å²) in [4.78, 5) is 21.2. The number of benzene rings is 1. The standard InChI is InChI=1S/C32H47N3O3/c1-20(2)37-30(36)29(38-31(5,6)7)27-22(4)34-21(3)26(28(27)35-16-13-32(8,9)14-17-35)24-10-11-25-19-33-15-12-23(25)18-24/h10-11,18,20,29,33H,12-17,19H2,1-9H3/t29-/m0/s1. The van der Waals surface area contributed by atoms with Crippen molar-refractivity contribution in [2.75, 3.05) is 24.5 Å². The number of carbonyl (C=O) groups excluding carboxylic acids is 1. The van der Waals surface area contributed by atoms with E-state index in [-0.39, 0.29) is 12.1 Å². The van der Waals surface area contributed by atoms with E-state index in [1.807, 2.05) is 41.5 Å². The number of nitrogens with one attached hydrogen (secondary N) is 1. The van der Waals surface area contributed by atoms with Gasteiger partial charge in [-0.15, -0.1) is 0 Å². The summed E-state index contributed by atoms with van der Waals surface area (Å²) in [5.41, 5.74) is 8.47. The van der Waals surface area contributed by atoms with Gasteiger partial charge in [0.15, 0.2) is 6.10 Å². The lowest BCUT2D eigenvalue weighted by molar-refractivity contribution is -0.171. The molecule has 4 rings (SSSR count). The minimum atomic E-state index is -0.865. The Bertz CT molecular complexity index is 1170. The van der Waals surface area contributed by atoms with Gasteiger partial charge in [-0.1, -0.05) is 32.0 Å². The molecule has 0 saturated carbocycles. The Morgan fingerprint density at radius 3 is 2.39 bits per heavy atom. The number of nitrogens with zero attached hydrogens (tertiary/aromatic N) is 2. The average molecular weight is 522 g/mol. The highest BCUT2D eigenvalue weighted by Crippen LogP contribution is 2.45. The zero-order valence-corrected chi connectivity index (χ0v) is 25.0. The summed E-state index contributed by atoms with van der Waals surface area (Å²) >= 11 is 0. The van der Waals surface area contributed by atoms with E-state index in [0.717, 1.165) is 79.2 Å². The van der Waals surface area contributed by atoms with Gasteiger partial charge in [0.05, 0.1) is 17.4 Å². The Hall–Kier alpha value is -2.44. The van der Waals surface area contributed by atoms with Crippen molar-refractivity contribution in [3.05, 3.63) is 46.3 Å². The first-order valence-electron chi connectivity index (χ1n) is 14.2. The molecular formula is C32H47N3O3. The van der Waals surface area contributed by atoms with Crippen LogP contribution in [0.25, 0.3) is 11.1 Å². The van der Waals surface area contributed by atoms with E-state index in [9.17, 15) is 4.79 Å². The molecule has 1 atom stereocenters. The van der Waals surface area contributed by atoms with E-state index >= 15 is 0 Å². The minimum Gasteiger partial charge on any atom is -0.461 e. The van der Waals surface area contributed by atoms with E-state index in [0.29, 0.717) is 5.41 Å². The Labute approximate surface area is 229 Å².